The molecule has 0 aromatic heterocycles. The molecular formula is C33H50ClNO4. The molecule has 0 spiro atoms. The first-order valence-corrected chi connectivity index (χ1v) is 15.6. The molecule has 5 nitrogen and oxygen atoms in total. The van der Waals surface area contributed by atoms with Crippen LogP contribution < -0.4 is 14.8 Å². The molecule has 0 aliphatic carbocycles. The van der Waals surface area contributed by atoms with E-state index in [0.29, 0.717) is 41.0 Å². The minimum atomic E-state index is -0.314. The zero-order valence-electron chi connectivity index (χ0n) is 24.2. The molecule has 39 heavy (non-hydrogen) atoms. The number of aromatic hydroxyl groups is 1. The van der Waals surface area contributed by atoms with Gasteiger partial charge >= 0.3 is 0 Å². The molecule has 0 heterocycles. The Kier molecular flexibility index (Phi) is 17.2. The van der Waals surface area contributed by atoms with Crippen molar-refractivity contribution in [3.63, 3.8) is 0 Å². The van der Waals surface area contributed by atoms with Crippen LogP contribution in [-0.2, 0) is 0 Å². The molecule has 0 atom stereocenters. The van der Waals surface area contributed by atoms with Crippen LogP contribution in [0.5, 0.6) is 17.2 Å². The maximum absolute atomic E-state index is 12.8. The lowest BCUT2D eigenvalue weighted by molar-refractivity contribution is 0.102. The summed E-state index contributed by atoms with van der Waals surface area (Å²) in [5.74, 6) is 0.951. The summed E-state index contributed by atoms with van der Waals surface area (Å²) in [4.78, 5) is 12.8. The third-order valence-corrected chi connectivity index (χ3v) is 7.30. The van der Waals surface area contributed by atoms with Crippen LogP contribution in [-0.4, -0.2) is 24.2 Å². The molecule has 0 aliphatic rings. The molecular weight excluding hydrogens is 510 g/mol. The summed E-state index contributed by atoms with van der Waals surface area (Å²) in [5.41, 5.74) is 0.879. The molecule has 0 unspecified atom stereocenters. The molecule has 2 aromatic carbocycles. The van der Waals surface area contributed by atoms with E-state index in [-0.39, 0.29) is 11.7 Å². The smallest absolute Gasteiger partial charge is 0.255 e. The molecule has 0 bridgehead atoms. The van der Waals surface area contributed by atoms with Gasteiger partial charge in [0.05, 0.1) is 18.9 Å². The molecule has 0 saturated carbocycles. The molecule has 0 fully saturated rings. The maximum atomic E-state index is 12.8. The number of halogens is 1. The van der Waals surface area contributed by atoms with Gasteiger partial charge in [0.2, 0.25) is 0 Å². The first-order chi connectivity index (χ1) is 19.0. The highest BCUT2D eigenvalue weighted by Gasteiger charge is 2.15. The van der Waals surface area contributed by atoms with Gasteiger partial charge in [-0.3, -0.25) is 4.79 Å². The number of nitrogens with one attached hydrogen (secondary N) is 1. The van der Waals surface area contributed by atoms with Gasteiger partial charge in [-0.25, -0.2) is 0 Å². The van der Waals surface area contributed by atoms with Crippen molar-refractivity contribution in [3.05, 3.63) is 47.0 Å². The van der Waals surface area contributed by atoms with Crippen LogP contribution in [0.2, 0.25) is 5.02 Å². The number of benzene rings is 2. The van der Waals surface area contributed by atoms with Crippen LogP contribution in [0.1, 0.15) is 127 Å². The summed E-state index contributed by atoms with van der Waals surface area (Å²) < 4.78 is 12.1. The number of carbonyl (C=O) groups excluding carboxylic acids is 1. The second-order valence-electron chi connectivity index (χ2n) is 10.4. The van der Waals surface area contributed by atoms with E-state index >= 15 is 0 Å². The lowest BCUT2D eigenvalue weighted by Crippen LogP contribution is -2.13. The first kappa shape index (κ1) is 32.8. The number of anilines is 1. The highest BCUT2D eigenvalue weighted by molar-refractivity contribution is 6.35. The monoisotopic (exact) mass is 559 g/mol. The zero-order valence-corrected chi connectivity index (χ0v) is 25.0. The van der Waals surface area contributed by atoms with Crippen LogP contribution >= 0.6 is 11.6 Å². The van der Waals surface area contributed by atoms with Crippen LogP contribution in [0.3, 0.4) is 0 Å². The number of rotatable bonds is 22. The maximum Gasteiger partial charge on any atom is 0.255 e. The van der Waals surface area contributed by atoms with Crippen molar-refractivity contribution in [2.75, 3.05) is 18.5 Å². The van der Waals surface area contributed by atoms with Crippen LogP contribution in [0.15, 0.2) is 36.4 Å². The van der Waals surface area contributed by atoms with Crippen molar-refractivity contribution in [3.8, 4) is 17.2 Å². The van der Waals surface area contributed by atoms with E-state index in [1.54, 1.807) is 18.2 Å². The van der Waals surface area contributed by atoms with Gasteiger partial charge in [-0.2, -0.15) is 0 Å². The Bertz CT molecular complexity index is 932. The fourth-order valence-corrected chi connectivity index (χ4v) is 4.71. The Hall–Kier alpha value is -2.40. The third kappa shape index (κ3) is 14.0. The minimum absolute atomic E-state index is 0.109. The van der Waals surface area contributed by atoms with E-state index in [9.17, 15) is 9.90 Å². The first-order valence-electron chi connectivity index (χ1n) is 15.2. The summed E-state index contributed by atoms with van der Waals surface area (Å²) in [6.45, 7) is 5.66. The topological polar surface area (TPSA) is 67.8 Å². The van der Waals surface area contributed by atoms with Crippen molar-refractivity contribution in [2.45, 2.75) is 117 Å². The van der Waals surface area contributed by atoms with E-state index in [2.05, 4.69) is 19.2 Å². The predicted molar refractivity (Wildman–Crippen MR) is 164 cm³/mol. The minimum Gasteiger partial charge on any atom is -0.508 e. The Labute approximate surface area is 241 Å². The number of hydrogen-bond acceptors (Lipinski definition) is 4. The standard InChI is InChI=1S/C33H50ClNO4/c1-3-5-7-9-11-13-15-17-23-38-29-25-30(35-33(37)27-19-21-28(36)22-20-27)32(34)31(26-29)39-24-18-16-14-12-10-8-6-4-2/h19-22,25-26,36H,3-18,23-24H2,1-2H3,(H,35,37). The van der Waals surface area contributed by atoms with Crippen molar-refractivity contribution < 1.29 is 19.4 Å². The highest BCUT2D eigenvalue weighted by Crippen LogP contribution is 2.37. The Morgan fingerprint density at radius 2 is 1.21 bits per heavy atom. The number of ether oxygens (including phenoxy) is 2. The van der Waals surface area contributed by atoms with Crippen LogP contribution in [0.25, 0.3) is 0 Å². The van der Waals surface area contributed by atoms with Gasteiger partial charge < -0.3 is 19.9 Å². The predicted octanol–water partition coefficient (Wildman–Crippen LogP) is 10.3. The average Bonchev–Trinajstić information content (AvgIpc) is 2.93. The third-order valence-electron chi connectivity index (χ3n) is 6.91. The summed E-state index contributed by atoms with van der Waals surface area (Å²) >= 11 is 6.67. The Morgan fingerprint density at radius 3 is 1.74 bits per heavy atom. The van der Waals surface area contributed by atoms with Gasteiger partial charge in [-0.05, 0) is 37.1 Å². The van der Waals surface area contributed by atoms with E-state index in [1.165, 1.54) is 89.2 Å². The molecule has 1 amide bonds. The lowest BCUT2D eigenvalue weighted by atomic mass is 10.1. The number of phenolic OH excluding ortho intramolecular Hbond substituents is 1. The van der Waals surface area contributed by atoms with Crippen LogP contribution in [0, 0.1) is 0 Å². The molecule has 0 saturated heterocycles. The summed E-state index contributed by atoms with van der Waals surface area (Å²) in [6.07, 6.45) is 19.7. The number of hydrogen-bond donors (Lipinski definition) is 2. The summed E-state index contributed by atoms with van der Waals surface area (Å²) in [6, 6.07) is 9.70. The Balaban J connectivity index is 1.92. The van der Waals surface area contributed by atoms with Gasteiger partial charge in [0.25, 0.3) is 5.91 Å². The number of phenols is 1. The molecule has 218 valence electrons. The summed E-state index contributed by atoms with van der Waals surface area (Å²) in [7, 11) is 0. The fraction of sp³-hybridized carbons (Fsp3) is 0.606. The molecule has 0 radical (unpaired) electrons. The zero-order chi connectivity index (χ0) is 28.1. The van der Waals surface area contributed by atoms with Crippen molar-refractivity contribution in [1.29, 1.82) is 0 Å². The SMILES string of the molecule is CCCCCCCCCCOc1cc(NC(=O)c2ccc(O)cc2)c(Cl)c(OCCCCCCCCCC)c1. The Morgan fingerprint density at radius 1 is 0.718 bits per heavy atom. The van der Waals surface area contributed by atoms with Crippen LogP contribution in [0.4, 0.5) is 5.69 Å². The van der Waals surface area contributed by atoms with Crippen molar-refractivity contribution in [2.24, 2.45) is 0 Å². The average molecular weight is 560 g/mol. The number of carbonyl (C=O) groups is 1. The van der Waals surface area contributed by atoms with E-state index in [0.717, 1.165) is 25.7 Å². The van der Waals surface area contributed by atoms with Gasteiger partial charge in [0.1, 0.15) is 22.3 Å². The van der Waals surface area contributed by atoms with E-state index in [1.807, 2.05) is 6.07 Å². The van der Waals surface area contributed by atoms with Gasteiger partial charge in [-0.1, -0.05) is 115 Å². The van der Waals surface area contributed by atoms with Gasteiger partial charge in [-0.15, -0.1) is 0 Å². The largest absolute Gasteiger partial charge is 0.508 e. The number of unbranched alkanes of at least 4 members (excludes halogenated alkanes) is 14. The molecule has 0 aliphatic heterocycles. The van der Waals surface area contributed by atoms with Gasteiger partial charge in [0.15, 0.2) is 0 Å². The number of amides is 1. The normalized spacial score (nSPS) is 10.9. The molecule has 2 aromatic rings. The second-order valence-corrected chi connectivity index (χ2v) is 10.8. The lowest BCUT2D eigenvalue weighted by Gasteiger charge is -2.16. The molecule has 2 rings (SSSR count). The fourth-order valence-electron chi connectivity index (χ4n) is 4.50. The van der Waals surface area contributed by atoms with Crippen molar-refractivity contribution in [1.82, 2.24) is 0 Å². The van der Waals surface area contributed by atoms with E-state index in [4.69, 9.17) is 21.1 Å². The van der Waals surface area contributed by atoms with Crippen molar-refractivity contribution >= 4 is 23.2 Å². The highest BCUT2D eigenvalue weighted by atomic mass is 35.5. The quantitative estimate of drug-likeness (QED) is 0.141. The molecule has 6 heteroatoms. The molecule has 2 N–H and O–H groups in total. The summed E-state index contributed by atoms with van der Waals surface area (Å²) in [5, 5.41) is 12.8. The second kappa shape index (κ2) is 20.5. The van der Waals surface area contributed by atoms with Gasteiger partial charge in [0, 0.05) is 17.7 Å². The van der Waals surface area contributed by atoms with E-state index < -0.39 is 0 Å².